The molecule has 0 aromatic carbocycles. The van der Waals surface area contributed by atoms with Crippen LogP contribution in [0.5, 0.6) is 0 Å². The molecule has 0 aliphatic carbocycles. The highest BCUT2D eigenvalue weighted by Crippen LogP contribution is 2.41. The second kappa shape index (κ2) is 9.40. The molecule has 8 heteroatoms. The van der Waals surface area contributed by atoms with Crippen molar-refractivity contribution in [1.29, 1.82) is 0 Å². The van der Waals surface area contributed by atoms with Crippen molar-refractivity contribution in [2.75, 3.05) is 19.6 Å². The largest absolute Gasteiger partial charge is 0.342 e. The minimum Gasteiger partial charge on any atom is -0.342 e. The van der Waals surface area contributed by atoms with Crippen molar-refractivity contribution in [3.63, 3.8) is 0 Å². The molecule has 4 heterocycles. The maximum absolute atomic E-state index is 13.8. The molecule has 170 valence electrons. The Morgan fingerprint density at radius 2 is 2.03 bits per heavy atom. The molecule has 0 saturated carbocycles. The molecule has 0 bridgehead atoms. The number of likely N-dealkylation sites (tertiary alicyclic amines) is 1. The SMILES string of the molecule is CC[C@H](C)C(=O)N1CCC([C@]2(c3ccccn3)NC(=O)N(CCc3cccs3)C2=O)CC1. The van der Waals surface area contributed by atoms with Crippen LogP contribution in [-0.2, 0) is 21.5 Å². The molecule has 2 aliphatic rings. The van der Waals surface area contributed by atoms with Gasteiger partial charge >= 0.3 is 6.03 Å². The summed E-state index contributed by atoms with van der Waals surface area (Å²) in [6.45, 7) is 5.48. The van der Waals surface area contributed by atoms with E-state index in [1.807, 2.05) is 48.4 Å². The molecule has 32 heavy (non-hydrogen) atoms. The number of pyridine rings is 1. The van der Waals surface area contributed by atoms with Crippen LogP contribution in [0.15, 0.2) is 41.9 Å². The Hall–Kier alpha value is -2.74. The molecule has 2 aliphatic heterocycles. The molecule has 0 unspecified atom stereocenters. The van der Waals surface area contributed by atoms with E-state index in [0.717, 1.165) is 11.3 Å². The second-order valence-corrected chi connectivity index (χ2v) is 9.68. The van der Waals surface area contributed by atoms with E-state index in [1.54, 1.807) is 23.6 Å². The molecule has 2 atom stereocenters. The Morgan fingerprint density at radius 1 is 1.25 bits per heavy atom. The van der Waals surface area contributed by atoms with Crippen molar-refractivity contribution in [3.05, 3.63) is 52.5 Å². The molecule has 0 spiro atoms. The molecular formula is C24H30N4O3S. The van der Waals surface area contributed by atoms with Gasteiger partial charge in [-0.3, -0.25) is 19.5 Å². The molecule has 2 saturated heterocycles. The topological polar surface area (TPSA) is 82.6 Å². The van der Waals surface area contributed by atoms with Gasteiger partial charge in [-0.05, 0) is 49.3 Å². The number of nitrogens with zero attached hydrogens (tertiary/aromatic N) is 3. The number of urea groups is 1. The minimum atomic E-state index is -1.18. The van der Waals surface area contributed by atoms with Gasteiger partial charge in [0.25, 0.3) is 5.91 Å². The normalized spacial score (nSPS) is 22.8. The fraction of sp³-hybridized carbons (Fsp3) is 0.500. The zero-order chi connectivity index (χ0) is 22.7. The smallest absolute Gasteiger partial charge is 0.325 e. The second-order valence-electron chi connectivity index (χ2n) is 8.65. The van der Waals surface area contributed by atoms with Crippen LogP contribution in [0.4, 0.5) is 4.79 Å². The summed E-state index contributed by atoms with van der Waals surface area (Å²) in [7, 11) is 0. The van der Waals surface area contributed by atoms with Crippen molar-refractivity contribution >= 4 is 29.2 Å². The van der Waals surface area contributed by atoms with Crippen molar-refractivity contribution < 1.29 is 14.4 Å². The van der Waals surface area contributed by atoms with Gasteiger partial charge in [0.05, 0.1) is 5.69 Å². The zero-order valence-electron chi connectivity index (χ0n) is 18.6. The first-order chi connectivity index (χ1) is 15.5. The van der Waals surface area contributed by atoms with Gasteiger partial charge in [-0.25, -0.2) is 4.79 Å². The fourth-order valence-electron chi connectivity index (χ4n) is 4.75. The van der Waals surface area contributed by atoms with Gasteiger partial charge < -0.3 is 10.2 Å². The summed E-state index contributed by atoms with van der Waals surface area (Å²) in [5, 5.41) is 5.03. The number of hydrogen-bond donors (Lipinski definition) is 1. The van der Waals surface area contributed by atoms with Crippen LogP contribution in [0.25, 0.3) is 0 Å². The molecular weight excluding hydrogens is 424 g/mol. The number of thiophene rings is 1. The molecule has 2 aromatic rings. The molecule has 4 amide bonds. The molecule has 2 fully saturated rings. The van der Waals surface area contributed by atoms with E-state index >= 15 is 0 Å². The highest BCUT2D eigenvalue weighted by atomic mass is 32.1. The fourth-order valence-corrected chi connectivity index (χ4v) is 5.45. The average Bonchev–Trinajstić information content (AvgIpc) is 3.44. The molecule has 7 nitrogen and oxygen atoms in total. The van der Waals surface area contributed by atoms with E-state index < -0.39 is 5.54 Å². The first-order valence-electron chi connectivity index (χ1n) is 11.3. The Labute approximate surface area is 192 Å². The van der Waals surface area contributed by atoms with Crippen molar-refractivity contribution in [3.8, 4) is 0 Å². The van der Waals surface area contributed by atoms with Crippen molar-refractivity contribution in [1.82, 2.24) is 20.1 Å². The number of amides is 4. The molecule has 0 radical (unpaired) electrons. The van der Waals surface area contributed by atoms with Gasteiger partial charge in [0.2, 0.25) is 5.91 Å². The van der Waals surface area contributed by atoms with Crippen LogP contribution in [0.2, 0.25) is 0 Å². The number of aromatic nitrogens is 1. The zero-order valence-corrected chi connectivity index (χ0v) is 19.4. The lowest BCUT2D eigenvalue weighted by Gasteiger charge is -2.41. The first-order valence-corrected chi connectivity index (χ1v) is 12.2. The average molecular weight is 455 g/mol. The summed E-state index contributed by atoms with van der Waals surface area (Å²) < 4.78 is 0. The Morgan fingerprint density at radius 3 is 2.66 bits per heavy atom. The Balaban J connectivity index is 1.57. The number of nitrogens with one attached hydrogen (secondary N) is 1. The van der Waals surface area contributed by atoms with Gasteiger partial charge in [0.15, 0.2) is 5.54 Å². The summed E-state index contributed by atoms with van der Waals surface area (Å²) in [6, 6.07) is 9.09. The van der Waals surface area contributed by atoms with Crippen LogP contribution in [-0.4, -0.2) is 52.3 Å². The first kappa shape index (κ1) is 22.5. The third kappa shape index (κ3) is 4.03. The van der Waals surface area contributed by atoms with Gasteiger partial charge in [0, 0.05) is 42.5 Å². The summed E-state index contributed by atoms with van der Waals surface area (Å²) >= 11 is 1.62. The van der Waals surface area contributed by atoms with E-state index in [2.05, 4.69) is 10.3 Å². The van der Waals surface area contributed by atoms with Gasteiger partial charge in [-0.15, -0.1) is 11.3 Å². The van der Waals surface area contributed by atoms with E-state index in [9.17, 15) is 14.4 Å². The van der Waals surface area contributed by atoms with Crippen LogP contribution < -0.4 is 5.32 Å². The van der Waals surface area contributed by atoms with Gasteiger partial charge in [0.1, 0.15) is 0 Å². The van der Waals surface area contributed by atoms with Crippen LogP contribution in [0.3, 0.4) is 0 Å². The standard InChI is InChI=1S/C24H30N4O3S/c1-3-17(2)21(29)27-13-9-18(10-14-27)24(20-8-4-5-12-25-20)22(30)28(23(31)26-24)15-11-19-7-6-16-32-19/h4-8,12,16-18H,3,9-11,13-15H2,1-2H3,(H,26,31)/t17-,24+/m0/s1. The van der Waals surface area contributed by atoms with E-state index in [1.165, 1.54) is 4.90 Å². The number of hydrogen-bond acceptors (Lipinski definition) is 5. The van der Waals surface area contributed by atoms with Gasteiger partial charge in [-0.2, -0.15) is 0 Å². The Kier molecular flexibility index (Phi) is 6.60. The quantitative estimate of drug-likeness (QED) is 0.650. The lowest BCUT2D eigenvalue weighted by Crippen LogP contribution is -2.55. The van der Waals surface area contributed by atoms with Gasteiger partial charge in [-0.1, -0.05) is 26.0 Å². The maximum atomic E-state index is 13.8. The maximum Gasteiger partial charge on any atom is 0.325 e. The molecule has 4 rings (SSSR count). The number of carbonyl (C=O) groups excluding carboxylic acids is 3. The molecule has 1 N–H and O–H groups in total. The monoisotopic (exact) mass is 454 g/mol. The van der Waals surface area contributed by atoms with Crippen molar-refractivity contribution in [2.45, 2.75) is 45.1 Å². The highest BCUT2D eigenvalue weighted by Gasteiger charge is 2.58. The Bertz CT molecular complexity index is 957. The predicted octanol–water partition coefficient (Wildman–Crippen LogP) is 3.42. The summed E-state index contributed by atoms with van der Waals surface area (Å²) in [6.07, 6.45) is 4.39. The lowest BCUT2D eigenvalue weighted by atomic mass is 9.75. The summed E-state index contributed by atoms with van der Waals surface area (Å²) in [5.41, 5.74) is -0.608. The summed E-state index contributed by atoms with van der Waals surface area (Å²) in [4.78, 5) is 48.3. The van der Waals surface area contributed by atoms with Crippen molar-refractivity contribution in [2.24, 2.45) is 11.8 Å². The van der Waals surface area contributed by atoms with E-state index in [-0.39, 0.29) is 29.7 Å². The summed E-state index contributed by atoms with van der Waals surface area (Å²) in [5.74, 6) is -0.194. The third-order valence-corrected chi connectivity index (χ3v) is 7.75. The number of carbonyl (C=O) groups is 3. The van der Waals surface area contributed by atoms with Crippen LogP contribution in [0, 0.1) is 11.8 Å². The number of imide groups is 1. The van der Waals surface area contributed by atoms with E-state index in [4.69, 9.17) is 0 Å². The van der Waals surface area contributed by atoms with E-state index in [0.29, 0.717) is 44.6 Å². The van der Waals surface area contributed by atoms with Crippen LogP contribution in [0.1, 0.15) is 43.7 Å². The highest BCUT2D eigenvalue weighted by molar-refractivity contribution is 7.09. The lowest BCUT2D eigenvalue weighted by molar-refractivity contribution is -0.138. The number of piperidine rings is 1. The molecule has 2 aromatic heterocycles. The minimum absolute atomic E-state index is 0.00291. The number of rotatable bonds is 7. The third-order valence-electron chi connectivity index (χ3n) is 6.82. The predicted molar refractivity (Wildman–Crippen MR) is 123 cm³/mol. The van der Waals surface area contributed by atoms with Crippen LogP contribution >= 0.6 is 11.3 Å².